The van der Waals surface area contributed by atoms with Gasteiger partial charge in [-0.05, 0) is 32.1 Å². The second kappa shape index (κ2) is 2.76. The van der Waals surface area contributed by atoms with Crippen molar-refractivity contribution in [3.05, 3.63) is 0 Å². The first-order chi connectivity index (χ1) is 5.25. The van der Waals surface area contributed by atoms with Gasteiger partial charge in [0.05, 0.1) is 6.17 Å². The van der Waals surface area contributed by atoms with Crippen molar-refractivity contribution in [1.29, 1.82) is 0 Å². The molecule has 4 atom stereocenters. The zero-order chi connectivity index (χ0) is 7.84. The van der Waals surface area contributed by atoms with Crippen LogP contribution < -0.4 is 10.6 Å². The number of hydrogen-bond acceptors (Lipinski definition) is 2. The SMILES string of the molecule is CC1CCC2NC(C)NC2C1. The highest BCUT2D eigenvalue weighted by Gasteiger charge is 2.34. The topological polar surface area (TPSA) is 24.1 Å². The molecule has 1 saturated carbocycles. The van der Waals surface area contributed by atoms with E-state index in [0.717, 1.165) is 18.0 Å². The largest absolute Gasteiger partial charge is 0.298 e. The first kappa shape index (κ1) is 7.56. The normalized spacial score (nSPS) is 50.7. The molecule has 0 aromatic carbocycles. The van der Waals surface area contributed by atoms with Crippen LogP contribution in [0.25, 0.3) is 0 Å². The molecule has 1 heterocycles. The van der Waals surface area contributed by atoms with E-state index < -0.39 is 0 Å². The van der Waals surface area contributed by atoms with E-state index in [1.165, 1.54) is 19.3 Å². The van der Waals surface area contributed by atoms with Crippen LogP contribution in [0.15, 0.2) is 0 Å². The van der Waals surface area contributed by atoms with Crippen molar-refractivity contribution in [2.45, 2.75) is 51.4 Å². The van der Waals surface area contributed by atoms with Crippen LogP contribution in [0.4, 0.5) is 0 Å². The van der Waals surface area contributed by atoms with Gasteiger partial charge in [0.15, 0.2) is 0 Å². The summed E-state index contributed by atoms with van der Waals surface area (Å²) in [6.45, 7) is 4.57. The zero-order valence-corrected chi connectivity index (χ0v) is 7.43. The summed E-state index contributed by atoms with van der Waals surface area (Å²) in [4.78, 5) is 0. The Morgan fingerprint density at radius 2 is 1.73 bits per heavy atom. The molecule has 1 aliphatic heterocycles. The summed E-state index contributed by atoms with van der Waals surface area (Å²) in [6.07, 6.45) is 4.67. The van der Waals surface area contributed by atoms with Crippen LogP contribution >= 0.6 is 0 Å². The fourth-order valence-electron chi connectivity index (χ4n) is 2.45. The third-order valence-electron chi connectivity index (χ3n) is 3.04. The summed E-state index contributed by atoms with van der Waals surface area (Å²) in [5.41, 5.74) is 0. The van der Waals surface area contributed by atoms with E-state index in [1.54, 1.807) is 0 Å². The predicted molar refractivity (Wildman–Crippen MR) is 46.3 cm³/mol. The minimum absolute atomic E-state index is 0.537. The monoisotopic (exact) mass is 154 g/mol. The second-order valence-electron chi connectivity index (χ2n) is 4.19. The maximum atomic E-state index is 3.58. The van der Waals surface area contributed by atoms with Crippen LogP contribution in [-0.4, -0.2) is 18.2 Å². The average molecular weight is 154 g/mol. The fraction of sp³-hybridized carbons (Fsp3) is 1.00. The van der Waals surface area contributed by atoms with Crippen molar-refractivity contribution < 1.29 is 0 Å². The van der Waals surface area contributed by atoms with Gasteiger partial charge in [0.1, 0.15) is 0 Å². The van der Waals surface area contributed by atoms with E-state index >= 15 is 0 Å². The minimum Gasteiger partial charge on any atom is -0.298 e. The molecule has 0 spiro atoms. The van der Waals surface area contributed by atoms with Crippen LogP contribution in [0.1, 0.15) is 33.1 Å². The Kier molecular flexibility index (Phi) is 1.90. The van der Waals surface area contributed by atoms with E-state index in [-0.39, 0.29) is 0 Å². The fourth-order valence-corrected chi connectivity index (χ4v) is 2.45. The molecule has 2 N–H and O–H groups in total. The van der Waals surface area contributed by atoms with Crippen molar-refractivity contribution in [2.24, 2.45) is 5.92 Å². The summed E-state index contributed by atoms with van der Waals surface area (Å²) >= 11 is 0. The van der Waals surface area contributed by atoms with E-state index in [1.807, 2.05) is 0 Å². The Morgan fingerprint density at radius 1 is 1.00 bits per heavy atom. The lowest BCUT2D eigenvalue weighted by Crippen LogP contribution is -2.38. The molecule has 0 aromatic rings. The Labute approximate surface area is 68.7 Å². The number of rotatable bonds is 0. The zero-order valence-electron chi connectivity index (χ0n) is 7.43. The molecule has 2 nitrogen and oxygen atoms in total. The Bertz CT molecular complexity index is 146. The maximum absolute atomic E-state index is 3.58. The molecule has 0 bridgehead atoms. The number of hydrogen-bond donors (Lipinski definition) is 2. The molecule has 0 aromatic heterocycles. The molecule has 2 heteroatoms. The van der Waals surface area contributed by atoms with Crippen molar-refractivity contribution in [3.8, 4) is 0 Å². The van der Waals surface area contributed by atoms with Crippen LogP contribution in [0.3, 0.4) is 0 Å². The van der Waals surface area contributed by atoms with Gasteiger partial charge in [-0.3, -0.25) is 10.6 Å². The van der Waals surface area contributed by atoms with Crippen molar-refractivity contribution >= 4 is 0 Å². The Hall–Kier alpha value is -0.0800. The van der Waals surface area contributed by atoms with Crippen LogP contribution in [-0.2, 0) is 0 Å². The Balaban J connectivity index is 1.97. The summed E-state index contributed by atoms with van der Waals surface area (Å²) in [6, 6.07) is 1.52. The molecule has 4 unspecified atom stereocenters. The summed E-state index contributed by atoms with van der Waals surface area (Å²) in [5.74, 6) is 0.927. The van der Waals surface area contributed by atoms with Crippen LogP contribution in [0, 0.1) is 5.92 Å². The standard InChI is InChI=1S/C9H18N2/c1-6-3-4-8-9(5-6)11-7(2)10-8/h6-11H,3-5H2,1-2H3. The lowest BCUT2D eigenvalue weighted by atomic mass is 9.84. The predicted octanol–water partition coefficient (Wildman–Crippen LogP) is 1.08. The van der Waals surface area contributed by atoms with Crippen molar-refractivity contribution in [1.82, 2.24) is 10.6 Å². The molecule has 2 fully saturated rings. The molecular formula is C9H18N2. The van der Waals surface area contributed by atoms with Gasteiger partial charge in [-0.25, -0.2) is 0 Å². The third-order valence-corrected chi connectivity index (χ3v) is 3.04. The highest BCUT2D eigenvalue weighted by atomic mass is 15.2. The molecule has 1 saturated heterocycles. The number of fused-ring (bicyclic) bond motifs is 1. The second-order valence-corrected chi connectivity index (χ2v) is 4.19. The highest BCUT2D eigenvalue weighted by Crippen LogP contribution is 2.26. The molecule has 1 aliphatic carbocycles. The van der Waals surface area contributed by atoms with Gasteiger partial charge in [0.25, 0.3) is 0 Å². The summed E-state index contributed by atoms with van der Waals surface area (Å²) < 4.78 is 0. The van der Waals surface area contributed by atoms with Crippen LogP contribution in [0.5, 0.6) is 0 Å². The van der Waals surface area contributed by atoms with E-state index in [0.29, 0.717) is 6.17 Å². The average Bonchev–Trinajstić information content (AvgIpc) is 2.27. The van der Waals surface area contributed by atoms with E-state index in [2.05, 4.69) is 24.5 Å². The lowest BCUT2D eigenvalue weighted by molar-refractivity contribution is 0.299. The van der Waals surface area contributed by atoms with Gasteiger partial charge in [0.2, 0.25) is 0 Å². The molecule has 0 radical (unpaired) electrons. The van der Waals surface area contributed by atoms with Crippen molar-refractivity contribution in [2.75, 3.05) is 0 Å². The van der Waals surface area contributed by atoms with Gasteiger partial charge < -0.3 is 0 Å². The number of nitrogens with one attached hydrogen (secondary N) is 2. The molecule has 11 heavy (non-hydrogen) atoms. The molecule has 2 aliphatic rings. The maximum Gasteiger partial charge on any atom is 0.0547 e. The van der Waals surface area contributed by atoms with Gasteiger partial charge in [-0.1, -0.05) is 6.92 Å². The molecular weight excluding hydrogens is 136 g/mol. The molecule has 2 rings (SSSR count). The van der Waals surface area contributed by atoms with E-state index in [9.17, 15) is 0 Å². The first-order valence-electron chi connectivity index (χ1n) is 4.78. The molecule has 64 valence electrons. The van der Waals surface area contributed by atoms with Gasteiger partial charge in [-0.2, -0.15) is 0 Å². The quantitative estimate of drug-likeness (QED) is 0.545. The van der Waals surface area contributed by atoms with Crippen molar-refractivity contribution in [3.63, 3.8) is 0 Å². The lowest BCUT2D eigenvalue weighted by Gasteiger charge is -2.28. The van der Waals surface area contributed by atoms with Gasteiger partial charge in [-0.15, -0.1) is 0 Å². The summed E-state index contributed by atoms with van der Waals surface area (Å²) in [5, 5.41) is 7.14. The smallest absolute Gasteiger partial charge is 0.0547 e. The van der Waals surface area contributed by atoms with Gasteiger partial charge in [0, 0.05) is 12.1 Å². The third kappa shape index (κ3) is 1.42. The van der Waals surface area contributed by atoms with Gasteiger partial charge >= 0.3 is 0 Å². The molecule has 0 amide bonds. The van der Waals surface area contributed by atoms with Crippen LogP contribution in [0.2, 0.25) is 0 Å². The van der Waals surface area contributed by atoms with E-state index in [4.69, 9.17) is 0 Å². The summed E-state index contributed by atoms with van der Waals surface area (Å²) in [7, 11) is 0. The minimum atomic E-state index is 0.537. The Morgan fingerprint density at radius 3 is 2.55 bits per heavy atom. The first-order valence-corrected chi connectivity index (χ1v) is 4.78. The highest BCUT2D eigenvalue weighted by molar-refractivity contribution is 4.95.